The van der Waals surface area contributed by atoms with Gasteiger partial charge in [-0.2, -0.15) is 0 Å². The Morgan fingerprint density at radius 2 is 1.26 bits per heavy atom. The van der Waals surface area contributed by atoms with E-state index in [4.69, 9.17) is 16.3 Å². The van der Waals surface area contributed by atoms with Gasteiger partial charge in [-0.25, -0.2) is 0 Å². The van der Waals surface area contributed by atoms with E-state index in [1.807, 2.05) is 0 Å². The summed E-state index contributed by atoms with van der Waals surface area (Å²) in [5.41, 5.74) is 2.27. The molecule has 2 N–H and O–H groups in total. The Balaban J connectivity index is 1.57. The largest absolute Gasteiger partial charge is 0.481 e. The second-order valence-corrected chi connectivity index (χ2v) is 7.30. The molecular formula is C24H21ClN2O4. The molecule has 2 amide bonds. The molecular weight excluding hydrogens is 416 g/mol. The highest BCUT2D eigenvalue weighted by Crippen LogP contribution is 2.19. The molecule has 31 heavy (non-hydrogen) atoms. The lowest BCUT2D eigenvalue weighted by atomic mass is 10.0. The van der Waals surface area contributed by atoms with Crippen LogP contribution in [0.15, 0.2) is 72.8 Å². The zero-order chi connectivity index (χ0) is 22.4. The molecule has 0 saturated carbocycles. The predicted molar refractivity (Wildman–Crippen MR) is 121 cm³/mol. The fourth-order valence-electron chi connectivity index (χ4n) is 2.79. The molecule has 0 aromatic heterocycles. The third-order valence-electron chi connectivity index (χ3n) is 4.38. The van der Waals surface area contributed by atoms with Gasteiger partial charge < -0.3 is 15.4 Å². The van der Waals surface area contributed by atoms with Gasteiger partial charge in [0.15, 0.2) is 11.9 Å². The topological polar surface area (TPSA) is 84.5 Å². The summed E-state index contributed by atoms with van der Waals surface area (Å²) < 4.78 is 5.68. The van der Waals surface area contributed by atoms with Gasteiger partial charge in [-0.05, 0) is 79.7 Å². The molecule has 7 heteroatoms. The van der Waals surface area contributed by atoms with Crippen molar-refractivity contribution in [2.75, 3.05) is 10.6 Å². The van der Waals surface area contributed by atoms with Crippen molar-refractivity contribution in [3.8, 4) is 5.75 Å². The van der Waals surface area contributed by atoms with Gasteiger partial charge in [-0.3, -0.25) is 14.4 Å². The number of carbonyl (C=O) groups is 3. The molecule has 0 spiro atoms. The van der Waals surface area contributed by atoms with Crippen molar-refractivity contribution in [1.29, 1.82) is 0 Å². The number of halogens is 1. The number of nitrogens with one attached hydrogen (secondary N) is 2. The first-order valence-corrected chi connectivity index (χ1v) is 9.95. The average Bonchev–Trinajstić information content (AvgIpc) is 2.75. The highest BCUT2D eigenvalue weighted by Gasteiger charge is 2.16. The van der Waals surface area contributed by atoms with E-state index >= 15 is 0 Å². The maximum absolute atomic E-state index is 12.5. The zero-order valence-corrected chi connectivity index (χ0v) is 17.8. The molecule has 0 fully saturated rings. The zero-order valence-electron chi connectivity index (χ0n) is 17.0. The van der Waals surface area contributed by atoms with Crippen LogP contribution in [0.25, 0.3) is 0 Å². The van der Waals surface area contributed by atoms with Crippen molar-refractivity contribution in [3.63, 3.8) is 0 Å². The lowest BCUT2D eigenvalue weighted by Gasteiger charge is -2.15. The van der Waals surface area contributed by atoms with Crippen LogP contribution in [0.2, 0.25) is 5.02 Å². The smallest absolute Gasteiger partial charge is 0.265 e. The summed E-state index contributed by atoms with van der Waals surface area (Å²) in [7, 11) is 0. The normalized spacial score (nSPS) is 11.3. The van der Waals surface area contributed by atoms with Crippen molar-refractivity contribution < 1.29 is 19.1 Å². The van der Waals surface area contributed by atoms with Crippen LogP contribution in [0.3, 0.4) is 0 Å². The SMILES string of the molecule is CC(=O)Nc1ccc(NC(=O)C(C)Oc2ccc(C(=O)c3ccc(Cl)cc3)cc2)cc1. The number of anilines is 2. The molecule has 3 aromatic rings. The highest BCUT2D eigenvalue weighted by molar-refractivity contribution is 6.30. The van der Waals surface area contributed by atoms with Crippen LogP contribution < -0.4 is 15.4 Å². The van der Waals surface area contributed by atoms with E-state index in [9.17, 15) is 14.4 Å². The standard InChI is InChI=1S/C24H21ClN2O4/c1-15(24(30)27-21-11-9-20(10-12-21)26-16(2)28)31-22-13-5-18(6-14-22)23(29)17-3-7-19(25)8-4-17/h3-15H,1-2H3,(H,26,28)(H,27,30). The minimum absolute atomic E-state index is 0.128. The van der Waals surface area contributed by atoms with Crippen LogP contribution in [0.4, 0.5) is 11.4 Å². The van der Waals surface area contributed by atoms with Crippen molar-refractivity contribution >= 4 is 40.6 Å². The van der Waals surface area contributed by atoms with Gasteiger partial charge >= 0.3 is 0 Å². The molecule has 1 atom stereocenters. The van der Waals surface area contributed by atoms with Gasteiger partial charge in [0, 0.05) is 34.4 Å². The lowest BCUT2D eigenvalue weighted by Crippen LogP contribution is -2.30. The third kappa shape index (κ3) is 6.17. The molecule has 6 nitrogen and oxygen atoms in total. The van der Waals surface area contributed by atoms with Crippen molar-refractivity contribution in [1.82, 2.24) is 0 Å². The summed E-state index contributed by atoms with van der Waals surface area (Å²) in [5, 5.41) is 5.98. The maximum Gasteiger partial charge on any atom is 0.265 e. The van der Waals surface area contributed by atoms with E-state index in [2.05, 4.69) is 10.6 Å². The second kappa shape index (κ2) is 9.91. The summed E-state index contributed by atoms with van der Waals surface area (Å²) in [5.74, 6) is -0.152. The molecule has 0 saturated heterocycles. The first-order chi connectivity index (χ1) is 14.8. The first kappa shape index (κ1) is 22.1. The van der Waals surface area contributed by atoms with Crippen LogP contribution in [-0.4, -0.2) is 23.7 Å². The number of benzene rings is 3. The molecule has 0 aliphatic heterocycles. The van der Waals surface area contributed by atoms with Crippen LogP contribution in [0.1, 0.15) is 29.8 Å². The Kier molecular flexibility index (Phi) is 7.05. The summed E-state index contributed by atoms with van der Waals surface area (Å²) in [6, 6.07) is 20.0. The quantitative estimate of drug-likeness (QED) is 0.514. The molecule has 0 aliphatic rings. The van der Waals surface area contributed by atoms with E-state index < -0.39 is 6.10 Å². The van der Waals surface area contributed by atoms with Gasteiger partial charge in [0.25, 0.3) is 5.91 Å². The predicted octanol–water partition coefficient (Wildman–Crippen LogP) is 4.94. The van der Waals surface area contributed by atoms with Crippen LogP contribution in [-0.2, 0) is 9.59 Å². The van der Waals surface area contributed by atoms with Crippen LogP contribution >= 0.6 is 11.6 Å². The van der Waals surface area contributed by atoms with Crippen molar-refractivity contribution in [3.05, 3.63) is 88.9 Å². The number of carbonyl (C=O) groups excluding carboxylic acids is 3. The van der Waals surface area contributed by atoms with Crippen molar-refractivity contribution in [2.24, 2.45) is 0 Å². The molecule has 1 unspecified atom stereocenters. The Labute approximate surface area is 185 Å². The Morgan fingerprint density at radius 1 is 0.774 bits per heavy atom. The van der Waals surface area contributed by atoms with E-state index in [1.54, 1.807) is 79.7 Å². The monoisotopic (exact) mass is 436 g/mol. The van der Waals surface area contributed by atoms with Gasteiger partial charge in [-0.1, -0.05) is 11.6 Å². The first-order valence-electron chi connectivity index (χ1n) is 9.57. The number of ketones is 1. The fraction of sp³-hybridized carbons (Fsp3) is 0.125. The number of amides is 2. The summed E-state index contributed by atoms with van der Waals surface area (Å²) >= 11 is 5.86. The summed E-state index contributed by atoms with van der Waals surface area (Å²) in [6.07, 6.45) is -0.757. The van der Waals surface area contributed by atoms with Crippen LogP contribution in [0, 0.1) is 0 Å². The van der Waals surface area contributed by atoms with E-state index in [0.717, 1.165) is 0 Å². The number of hydrogen-bond acceptors (Lipinski definition) is 4. The number of ether oxygens (including phenoxy) is 1. The molecule has 0 radical (unpaired) electrons. The van der Waals surface area contributed by atoms with Crippen molar-refractivity contribution in [2.45, 2.75) is 20.0 Å². The average molecular weight is 437 g/mol. The lowest BCUT2D eigenvalue weighted by molar-refractivity contribution is -0.122. The highest BCUT2D eigenvalue weighted by atomic mass is 35.5. The molecule has 0 bridgehead atoms. The second-order valence-electron chi connectivity index (χ2n) is 6.87. The Bertz CT molecular complexity index is 1080. The maximum atomic E-state index is 12.5. The van der Waals surface area contributed by atoms with Gasteiger partial charge in [0.2, 0.25) is 5.91 Å². The summed E-state index contributed by atoms with van der Waals surface area (Å²) in [4.78, 5) is 36.0. The van der Waals surface area contributed by atoms with Gasteiger partial charge in [0.1, 0.15) is 5.75 Å². The number of hydrogen-bond donors (Lipinski definition) is 2. The van der Waals surface area contributed by atoms with Crippen LogP contribution in [0.5, 0.6) is 5.75 Å². The summed E-state index contributed by atoms with van der Waals surface area (Å²) in [6.45, 7) is 3.06. The molecule has 3 rings (SSSR count). The minimum atomic E-state index is -0.757. The fourth-order valence-corrected chi connectivity index (χ4v) is 2.92. The third-order valence-corrected chi connectivity index (χ3v) is 4.63. The van der Waals surface area contributed by atoms with Gasteiger partial charge in [0.05, 0.1) is 0 Å². The van der Waals surface area contributed by atoms with E-state index in [0.29, 0.717) is 33.3 Å². The molecule has 3 aromatic carbocycles. The number of rotatable bonds is 7. The molecule has 0 aliphatic carbocycles. The Hall–Kier alpha value is -3.64. The van der Waals surface area contributed by atoms with E-state index in [1.165, 1.54) is 6.92 Å². The molecule has 158 valence electrons. The minimum Gasteiger partial charge on any atom is -0.481 e. The Morgan fingerprint density at radius 3 is 1.77 bits per heavy atom. The van der Waals surface area contributed by atoms with Gasteiger partial charge in [-0.15, -0.1) is 0 Å². The van der Waals surface area contributed by atoms with E-state index in [-0.39, 0.29) is 17.6 Å². The molecule has 0 heterocycles.